The lowest BCUT2D eigenvalue weighted by atomic mass is 10.1. The average Bonchev–Trinajstić information content (AvgIpc) is 3.22. The maximum Gasteiger partial charge on any atom is 0.274 e. The average molecular weight is 433 g/mol. The van der Waals surface area contributed by atoms with Gasteiger partial charge in [-0.05, 0) is 45.9 Å². The number of methoxy groups -OCH3 is 2. The number of nitrogens with zero attached hydrogens (tertiary/aromatic N) is 3. The van der Waals surface area contributed by atoms with Gasteiger partial charge in [0.2, 0.25) is 0 Å². The van der Waals surface area contributed by atoms with Crippen LogP contribution in [0.2, 0.25) is 5.02 Å². The van der Waals surface area contributed by atoms with E-state index < -0.39 is 0 Å². The van der Waals surface area contributed by atoms with Gasteiger partial charge in [0.25, 0.3) is 5.91 Å². The van der Waals surface area contributed by atoms with Gasteiger partial charge in [-0.3, -0.25) is 9.48 Å². The van der Waals surface area contributed by atoms with Crippen LogP contribution < -0.4 is 14.8 Å². The molecular weight excluding hydrogens is 408 g/mol. The second kappa shape index (κ2) is 8.79. The van der Waals surface area contributed by atoms with Crippen LogP contribution in [-0.2, 0) is 6.54 Å². The van der Waals surface area contributed by atoms with Crippen LogP contribution >= 0.6 is 11.6 Å². The summed E-state index contributed by atoms with van der Waals surface area (Å²) >= 11 is 6.25. The predicted molar refractivity (Wildman–Crippen MR) is 112 cm³/mol. The number of amides is 1. The quantitative estimate of drug-likeness (QED) is 0.606. The van der Waals surface area contributed by atoms with Crippen LogP contribution in [0.1, 0.15) is 51.7 Å². The highest BCUT2D eigenvalue weighted by Crippen LogP contribution is 2.30. The molecule has 0 saturated carbocycles. The normalized spacial score (nSPS) is 12.0. The monoisotopic (exact) mass is 432 g/mol. The summed E-state index contributed by atoms with van der Waals surface area (Å²) < 4.78 is 17.8. The maximum absolute atomic E-state index is 13.0. The molecule has 0 saturated heterocycles. The number of nitrogens with one attached hydrogen (secondary N) is 1. The molecule has 30 heavy (non-hydrogen) atoms. The van der Waals surface area contributed by atoms with Gasteiger partial charge in [-0.1, -0.05) is 16.8 Å². The third-order valence-corrected chi connectivity index (χ3v) is 5.60. The van der Waals surface area contributed by atoms with E-state index in [-0.39, 0.29) is 17.6 Å². The fourth-order valence-electron chi connectivity index (χ4n) is 3.26. The molecule has 0 aliphatic rings. The number of carbonyl (C=O) groups is 1. The van der Waals surface area contributed by atoms with Crippen LogP contribution in [0.25, 0.3) is 0 Å². The van der Waals surface area contributed by atoms with E-state index in [1.54, 1.807) is 38.0 Å². The van der Waals surface area contributed by atoms with E-state index in [9.17, 15) is 4.79 Å². The second-order valence-electron chi connectivity index (χ2n) is 7.01. The second-order valence-corrected chi connectivity index (χ2v) is 7.39. The van der Waals surface area contributed by atoms with E-state index in [0.29, 0.717) is 34.4 Å². The lowest BCUT2D eigenvalue weighted by Crippen LogP contribution is -2.28. The summed E-state index contributed by atoms with van der Waals surface area (Å²) in [6.45, 7) is 7.67. The largest absolute Gasteiger partial charge is 0.497 e. The lowest BCUT2D eigenvalue weighted by Gasteiger charge is -2.18. The van der Waals surface area contributed by atoms with E-state index in [2.05, 4.69) is 15.6 Å². The Morgan fingerprint density at radius 2 is 2.00 bits per heavy atom. The molecule has 1 aromatic carbocycles. The highest BCUT2D eigenvalue weighted by atomic mass is 35.5. The number of hydrogen-bond donors (Lipinski definition) is 1. The van der Waals surface area contributed by atoms with Gasteiger partial charge >= 0.3 is 0 Å². The molecule has 0 aliphatic carbocycles. The summed E-state index contributed by atoms with van der Waals surface area (Å²) in [5.41, 5.74) is 3.20. The number of hydrogen-bond acceptors (Lipinski definition) is 6. The molecule has 1 N–H and O–H groups in total. The molecule has 8 nitrogen and oxygen atoms in total. The fraction of sp³-hybridized carbons (Fsp3) is 0.381. The van der Waals surface area contributed by atoms with Crippen molar-refractivity contribution >= 4 is 17.5 Å². The molecule has 3 rings (SSSR count). The highest BCUT2D eigenvalue weighted by Gasteiger charge is 2.24. The Hall–Kier alpha value is -3.00. The summed E-state index contributed by atoms with van der Waals surface area (Å²) in [4.78, 5) is 13.0. The van der Waals surface area contributed by atoms with Crippen molar-refractivity contribution in [2.24, 2.45) is 0 Å². The molecule has 1 atom stereocenters. The van der Waals surface area contributed by atoms with Crippen LogP contribution in [0.15, 0.2) is 22.7 Å². The first-order chi connectivity index (χ1) is 14.3. The SMILES string of the molecule is COc1ccc(OC)c(C(C)NC(=O)c2noc(C)c2Cn2nc(C)c(Cl)c2C)c1. The van der Waals surface area contributed by atoms with Crippen LogP contribution in [0, 0.1) is 20.8 Å². The summed E-state index contributed by atoms with van der Waals surface area (Å²) in [6.07, 6.45) is 0. The van der Waals surface area contributed by atoms with Gasteiger partial charge in [-0.15, -0.1) is 0 Å². The minimum Gasteiger partial charge on any atom is -0.497 e. The topological polar surface area (TPSA) is 91.4 Å². The van der Waals surface area contributed by atoms with Crippen molar-refractivity contribution < 1.29 is 18.8 Å². The van der Waals surface area contributed by atoms with E-state index >= 15 is 0 Å². The van der Waals surface area contributed by atoms with E-state index in [1.165, 1.54) is 0 Å². The van der Waals surface area contributed by atoms with E-state index in [1.807, 2.05) is 26.8 Å². The van der Waals surface area contributed by atoms with Crippen molar-refractivity contribution in [3.63, 3.8) is 0 Å². The molecule has 2 heterocycles. The molecule has 9 heteroatoms. The first kappa shape index (κ1) is 21.7. The van der Waals surface area contributed by atoms with Crippen molar-refractivity contribution in [2.45, 2.75) is 40.3 Å². The number of halogens is 1. The van der Waals surface area contributed by atoms with Gasteiger partial charge in [-0.2, -0.15) is 5.10 Å². The number of rotatable bonds is 7. The molecule has 0 fully saturated rings. The van der Waals surface area contributed by atoms with Crippen LogP contribution in [0.3, 0.4) is 0 Å². The zero-order valence-corrected chi connectivity index (χ0v) is 18.6. The number of aromatic nitrogens is 3. The zero-order valence-electron chi connectivity index (χ0n) is 17.9. The number of aryl methyl sites for hydroxylation is 2. The Morgan fingerprint density at radius 3 is 2.60 bits per heavy atom. The Labute approximate surface area is 180 Å². The molecule has 0 aliphatic heterocycles. The van der Waals surface area contributed by atoms with Crippen molar-refractivity contribution in [2.75, 3.05) is 14.2 Å². The van der Waals surface area contributed by atoms with E-state index in [4.69, 9.17) is 25.6 Å². The van der Waals surface area contributed by atoms with Gasteiger partial charge in [0.1, 0.15) is 17.3 Å². The molecule has 0 radical (unpaired) electrons. The number of ether oxygens (including phenoxy) is 2. The minimum absolute atomic E-state index is 0.213. The van der Waals surface area contributed by atoms with Crippen LogP contribution in [0.4, 0.5) is 0 Å². The molecule has 3 aromatic rings. The maximum atomic E-state index is 13.0. The number of carbonyl (C=O) groups excluding carboxylic acids is 1. The van der Waals surface area contributed by atoms with Gasteiger partial charge in [0.15, 0.2) is 5.69 Å². The van der Waals surface area contributed by atoms with E-state index in [0.717, 1.165) is 17.0 Å². The first-order valence-electron chi connectivity index (χ1n) is 9.44. The first-order valence-corrected chi connectivity index (χ1v) is 9.82. The Bertz CT molecular complexity index is 1070. The Morgan fingerprint density at radius 1 is 1.27 bits per heavy atom. The van der Waals surface area contributed by atoms with Crippen LogP contribution in [0.5, 0.6) is 11.5 Å². The van der Waals surface area contributed by atoms with Gasteiger partial charge in [0.05, 0.1) is 43.2 Å². The number of benzene rings is 1. The zero-order chi connectivity index (χ0) is 22.0. The van der Waals surface area contributed by atoms with Crippen molar-refractivity contribution in [1.29, 1.82) is 0 Å². The third-order valence-electron chi connectivity index (χ3n) is 5.05. The summed E-state index contributed by atoms with van der Waals surface area (Å²) in [7, 11) is 3.17. The summed E-state index contributed by atoms with van der Waals surface area (Å²) in [5.74, 6) is 1.52. The third kappa shape index (κ3) is 4.14. The Balaban J connectivity index is 1.85. The van der Waals surface area contributed by atoms with Crippen LogP contribution in [-0.4, -0.2) is 35.1 Å². The lowest BCUT2D eigenvalue weighted by molar-refractivity contribution is 0.0929. The Kier molecular flexibility index (Phi) is 6.36. The van der Waals surface area contributed by atoms with Crippen molar-refractivity contribution in [3.8, 4) is 11.5 Å². The fourth-order valence-corrected chi connectivity index (χ4v) is 3.39. The van der Waals surface area contributed by atoms with Gasteiger partial charge < -0.3 is 19.3 Å². The smallest absolute Gasteiger partial charge is 0.274 e. The summed E-state index contributed by atoms with van der Waals surface area (Å²) in [6, 6.07) is 5.08. The molecule has 160 valence electrons. The molecular formula is C21H25ClN4O4. The minimum atomic E-state index is -0.355. The molecule has 0 bridgehead atoms. The summed E-state index contributed by atoms with van der Waals surface area (Å²) in [5, 5.41) is 12.0. The standard InChI is InChI=1S/C21H25ClN4O4/c1-11(16-9-15(28-5)7-8-18(16)29-6)23-21(27)20-17(14(4)30-25-20)10-26-13(3)19(22)12(2)24-26/h7-9,11H,10H2,1-6H3,(H,23,27). The van der Waals surface area contributed by atoms with Gasteiger partial charge in [-0.25, -0.2) is 0 Å². The van der Waals surface area contributed by atoms with Gasteiger partial charge in [0, 0.05) is 11.1 Å². The molecule has 2 aromatic heterocycles. The highest BCUT2D eigenvalue weighted by molar-refractivity contribution is 6.31. The van der Waals surface area contributed by atoms with Crippen molar-refractivity contribution in [1.82, 2.24) is 20.3 Å². The molecule has 0 spiro atoms. The molecule has 1 unspecified atom stereocenters. The molecule has 1 amide bonds. The van der Waals surface area contributed by atoms with Crippen molar-refractivity contribution in [3.05, 3.63) is 57.2 Å². The predicted octanol–water partition coefficient (Wildman–Crippen LogP) is 4.01.